The van der Waals surface area contributed by atoms with E-state index < -0.39 is 6.17 Å². The Hall–Kier alpha value is -0.440. The summed E-state index contributed by atoms with van der Waals surface area (Å²) in [6.45, 7) is 4.83. The van der Waals surface area contributed by atoms with Crippen molar-refractivity contribution < 1.29 is 9.18 Å². The highest BCUT2D eigenvalue weighted by Gasteiger charge is 2.23. The smallest absolute Gasteiger partial charge is 0.146 e. The summed E-state index contributed by atoms with van der Waals surface area (Å²) < 4.78 is 13.0. The molecule has 1 atom stereocenters. The number of carbonyl (C=O) groups excluding carboxylic acids is 1. The van der Waals surface area contributed by atoms with E-state index >= 15 is 0 Å². The molecule has 1 aliphatic rings. The van der Waals surface area contributed by atoms with E-state index in [0.717, 1.165) is 0 Å². The van der Waals surface area contributed by atoms with Crippen LogP contribution in [0.4, 0.5) is 4.39 Å². The number of alkyl halides is 1. The highest BCUT2D eigenvalue weighted by atomic mass is 19.1. The van der Waals surface area contributed by atoms with Crippen molar-refractivity contribution in [3.05, 3.63) is 0 Å². The minimum Gasteiger partial charge on any atom is -0.298 e. The summed E-state index contributed by atoms with van der Waals surface area (Å²) in [4.78, 5) is 13.0. The van der Waals surface area contributed by atoms with Gasteiger partial charge in [0.2, 0.25) is 0 Å². The number of hydrogen-bond donors (Lipinski definition) is 0. The maximum absolute atomic E-state index is 13.0. The van der Waals surface area contributed by atoms with Crippen LogP contribution in [0.25, 0.3) is 0 Å². The second-order valence-corrected chi connectivity index (χ2v) is 3.70. The van der Waals surface area contributed by atoms with E-state index in [4.69, 9.17) is 0 Å². The van der Waals surface area contributed by atoms with Crippen LogP contribution in [0.5, 0.6) is 0 Å². The lowest BCUT2D eigenvalue weighted by Gasteiger charge is -2.24. The molecule has 1 fully saturated rings. The number of hydrogen-bond acceptors (Lipinski definition) is 2. The Morgan fingerprint density at radius 3 is 2.83 bits per heavy atom. The molecule has 0 N–H and O–H groups in total. The first-order valence-corrected chi connectivity index (χ1v) is 4.49. The number of halogens is 1. The molecular formula is C9H16FNO. The molecule has 0 aromatic carbocycles. The van der Waals surface area contributed by atoms with Gasteiger partial charge in [-0.3, -0.25) is 9.69 Å². The summed E-state index contributed by atoms with van der Waals surface area (Å²) in [6, 6.07) is 0.269. The van der Waals surface area contributed by atoms with Gasteiger partial charge in [0.1, 0.15) is 12.0 Å². The van der Waals surface area contributed by atoms with Crippen molar-refractivity contribution in [1.29, 1.82) is 0 Å². The molecule has 1 unspecified atom stereocenters. The standard InChI is InChI=1S/C9H16FNO/c1-7(2)11-5-8(10)3-4-9(12)6-11/h7-8H,3-6H2,1-2H3. The van der Waals surface area contributed by atoms with Gasteiger partial charge in [0.15, 0.2) is 0 Å². The zero-order valence-electron chi connectivity index (χ0n) is 7.72. The summed E-state index contributed by atoms with van der Waals surface area (Å²) in [5, 5.41) is 0. The fourth-order valence-corrected chi connectivity index (χ4v) is 1.43. The van der Waals surface area contributed by atoms with Gasteiger partial charge in [-0.25, -0.2) is 4.39 Å². The lowest BCUT2D eigenvalue weighted by Crippen LogP contribution is -2.37. The van der Waals surface area contributed by atoms with Crippen molar-refractivity contribution in [2.45, 2.75) is 38.9 Å². The Bertz CT molecular complexity index is 170. The van der Waals surface area contributed by atoms with Crippen LogP contribution in [0.1, 0.15) is 26.7 Å². The van der Waals surface area contributed by atoms with Gasteiger partial charge in [-0.05, 0) is 20.3 Å². The molecule has 0 radical (unpaired) electrons. The third-order valence-electron chi connectivity index (χ3n) is 2.28. The van der Waals surface area contributed by atoms with Crippen LogP contribution >= 0.6 is 0 Å². The zero-order chi connectivity index (χ0) is 9.14. The van der Waals surface area contributed by atoms with E-state index in [9.17, 15) is 9.18 Å². The fraction of sp³-hybridized carbons (Fsp3) is 0.889. The molecule has 0 amide bonds. The van der Waals surface area contributed by atoms with Gasteiger partial charge in [-0.15, -0.1) is 0 Å². The van der Waals surface area contributed by atoms with Crippen LogP contribution in [0.3, 0.4) is 0 Å². The van der Waals surface area contributed by atoms with Gasteiger partial charge in [0, 0.05) is 19.0 Å². The minimum atomic E-state index is -0.821. The molecule has 0 aromatic rings. The van der Waals surface area contributed by atoms with Crippen LogP contribution in [-0.4, -0.2) is 36.0 Å². The molecule has 0 spiro atoms. The Kier molecular flexibility index (Phi) is 3.20. The number of ketones is 1. The average Bonchev–Trinajstić information content (AvgIpc) is 2.13. The molecule has 1 saturated heterocycles. The first-order chi connectivity index (χ1) is 5.59. The van der Waals surface area contributed by atoms with Crippen molar-refractivity contribution in [3.63, 3.8) is 0 Å². The van der Waals surface area contributed by atoms with Gasteiger partial charge < -0.3 is 0 Å². The summed E-state index contributed by atoms with van der Waals surface area (Å²) in [6.07, 6.45) is -0.00856. The van der Waals surface area contributed by atoms with Crippen molar-refractivity contribution >= 4 is 5.78 Å². The second kappa shape index (κ2) is 3.99. The van der Waals surface area contributed by atoms with Gasteiger partial charge in [-0.2, -0.15) is 0 Å². The van der Waals surface area contributed by atoms with E-state index in [1.165, 1.54) is 0 Å². The molecule has 1 rings (SSSR count). The van der Waals surface area contributed by atoms with E-state index in [-0.39, 0.29) is 11.8 Å². The van der Waals surface area contributed by atoms with Crippen molar-refractivity contribution in [2.75, 3.05) is 13.1 Å². The van der Waals surface area contributed by atoms with E-state index in [0.29, 0.717) is 25.9 Å². The Morgan fingerprint density at radius 2 is 2.25 bits per heavy atom. The molecule has 70 valence electrons. The first-order valence-electron chi connectivity index (χ1n) is 4.49. The fourth-order valence-electron chi connectivity index (χ4n) is 1.43. The summed E-state index contributed by atoms with van der Waals surface area (Å²) in [7, 11) is 0. The summed E-state index contributed by atoms with van der Waals surface area (Å²) in [5.41, 5.74) is 0. The van der Waals surface area contributed by atoms with E-state index in [1.54, 1.807) is 0 Å². The molecule has 1 heterocycles. The number of Topliss-reactive ketones (excluding diaryl/α,β-unsaturated/α-hetero) is 1. The normalized spacial score (nSPS) is 27.7. The predicted molar refractivity (Wildman–Crippen MR) is 45.8 cm³/mol. The van der Waals surface area contributed by atoms with Crippen molar-refractivity contribution in [1.82, 2.24) is 4.90 Å². The molecule has 12 heavy (non-hydrogen) atoms. The van der Waals surface area contributed by atoms with Crippen molar-refractivity contribution in [2.24, 2.45) is 0 Å². The number of likely N-dealkylation sites (tertiary alicyclic amines) is 1. The van der Waals surface area contributed by atoms with Crippen LogP contribution < -0.4 is 0 Å². The average molecular weight is 173 g/mol. The van der Waals surface area contributed by atoms with Crippen LogP contribution in [0.15, 0.2) is 0 Å². The topological polar surface area (TPSA) is 20.3 Å². The SMILES string of the molecule is CC(C)N1CC(=O)CCC(F)C1. The highest BCUT2D eigenvalue weighted by Crippen LogP contribution is 2.13. The zero-order valence-corrected chi connectivity index (χ0v) is 7.72. The Labute approximate surface area is 72.7 Å². The molecule has 0 saturated carbocycles. The first kappa shape index (κ1) is 9.65. The van der Waals surface area contributed by atoms with Crippen molar-refractivity contribution in [3.8, 4) is 0 Å². The molecular weight excluding hydrogens is 157 g/mol. The lowest BCUT2D eigenvalue weighted by molar-refractivity contribution is -0.119. The highest BCUT2D eigenvalue weighted by molar-refractivity contribution is 5.80. The third-order valence-corrected chi connectivity index (χ3v) is 2.28. The molecule has 1 aliphatic heterocycles. The maximum Gasteiger partial charge on any atom is 0.146 e. The number of nitrogens with zero attached hydrogens (tertiary/aromatic N) is 1. The quantitative estimate of drug-likeness (QED) is 0.597. The molecule has 0 aliphatic carbocycles. The van der Waals surface area contributed by atoms with Gasteiger partial charge >= 0.3 is 0 Å². The summed E-state index contributed by atoms with van der Waals surface area (Å²) >= 11 is 0. The van der Waals surface area contributed by atoms with Gasteiger partial charge in [0.25, 0.3) is 0 Å². The van der Waals surface area contributed by atoms with Crippen LogP contribution in [0.2, 0.25) is 0 Å². The number of rotatable bonds is 1. The monoisotopic (exact) mass is 173 g/mol. The molecule has 2 nitrogen and oxygen atoms in total. The van der Waals surface area contributed by atoms with Crippen LogP contribution in [-0.2, 0) is 4.79 Å². The summed E-state index contributed by atoms with van der Waals surface area (Å²) in [5.74, 6) is 0.170. The second-order valence-electron chi connectivity index (χ2n) is 3.70. The largest absolute Gasteiger partial charge is 0.298 e. The number of carbonyl (C=O) groups is 1. The lowest BCUT2D eigenvalue weighted by atomic mass is 10.2. The molecule has 0 bridgehead atoms. The molecule has 0 aromatic heterocycles. The van der Waals surface area contributed by atoms with Gasteiger partial charge in [0.05, 0.1) is 6.54 Å². The molecule has 3 heteroatoms. The predicted octanol–water partition coefficient (Wildman–Crippen LogP) is 1.40. The Balaban J connectivity index is 2.55. The maximum atomic E-state index is 13.0. The minimum absolute atomic E-state index is 0.170. The van der Waals surface area contributed by atoms with E-state index in [2.05, 4.69) is 0 Å². The van der Waals surface area contributed by atoms with E-state index in [1.807, 2.05) is 18.7 Å². The Morgan fingerprint density at radius 1 is 1.58 bits per heavy atom. The van der Waals surface area contributed by atoms with Crippen LogP contribution in [0, 0.1) is 0 Å². The van der Waals surface area contributed by atoms with Gasteiger partial charge in [-0.1, -0.05) is 0 Å². The third kappa shape index (κ3) is 2.55.